The van der Waals surface area contributed by atoms with Gasteiger partial charge in [0.15, 0.2) is 0 Å². The Balaban J connectivity index is 2.23. The first-order chi connectivity index (χ1) is 8.08. The number of aliphatic carboxylic acids is 1. The lowest BCUT2D eigenvalue weighted by molar-refractivity contribution is -0.137. The topological polar surface area (TPSA) is 85.5 Å². The Morgan fingerprint density at radius 2 is 2.06 bits per heavy atom. The van der Waals surface area contributed by atoms with Crippen molar-refractivity contribution in [1.82, 2.24) is 10.2 Å². The molecule has 1 heterocycles. The first-order valence-electron chi connectivity index (χ1n) is 5.72. The molecule has 0 bridgehead atoms. The molecule has 6 heteroatoms. The van der Waals surface area contributed by atoms with Crippen molar-refractivity contribution in [3.8, 4) is 0 Å². The molecular weight excluding hydrogens is 224 g/mol. The van der Waals surface area contributed by atoms with Crippen LogP contribution in [0.25, 0.3) is 0 Å². The highest BCUT2D eigenvalue weighted by Gasteiger charge is 2.07. The predicted molar refractivity (Wildman–Crippen MR) is 59.4 cm³/mol. The summed E-state index contributed by atoms with van der Waals surface area (Å²) in [6.45, 7) is 4.19. The van der Waals surface area contributed by atoms with Crippen molar-refractivity contribution in [3.05, 3.63) is 11.8 Å². The monoisotopic (exact) mass is 242 g/mol. The van der Waals surface area contributed by atoms with E-state index in [1.807, 2.05) is 13.8 Å². The maximum atomic E-state index is 10.3. The van der Waals surface area contributed by atoms with E-state index in [2.05, 4.69) is 10.2 Å². The number of carbonyl (C=O) groups is 1. The average Bonchev–Trinajstić information content (AvgIpc) is 2.69. The zero-order valence-electron chi connectivity index (χ0n) is 10.2. The van der Waals surface area contributed by atoms with Crippen molar-refractivity contribution in [1.29, 1.82) is 0 Å². The Bertz CT molecular complexity index is 349. The highest BCUT2D eigenvalue weighted by atomic mass is 16.5. The second kappa shape index (κ2) is 7.01. The second-order valence-corrected chi connectivity index (χ2v) is 4.05. The number of nitrogens with zero attached hydrogens (tertiary/aromatic N) is 2. The van der Waals surface area contributed by atoms with Gasteiger partial charge in [-0.25, -0.2) is 0 Å². The minimum absolute atomic E-state index is 0.126. The quantitative estimate of drug-likeness (QED) is 0.699. The molecule has 1 N–H and O–H groups in total. The maximum absolute atomic E-state index is 10.3. The van der Waals surface area contributed by atoms with Crippen LogP contribution in [0.4, 0.5) is 0 Å². The van der Waals surface area contributed by atoms with Crippen LogP contribution >= 0.6 is 0 Å². The van der Waals surface area contributed by atoms with Crippen LogP contribution in [0.2, 0.25) is 0 Å². The zero-order chi connectivity index (χ0) is 12.7. The largest absolute Gasteiger partial charge is 0.481 e. The molecule has 0 aliphatic carbocycles. The van der Waals surface area contributed by atoms with E-state index in [1.165, 1.54) is 0 Å². The van der Waals surface area contributed by atoms with E-state index in [4.69, 9.17) is 14.3 Å². The molecule has 1 aromatic rings. The molecule has 0 amide bonds. The van der Waals surface area contributed by atoms with Crippen molar-refractivity contribution in [3.63, 3.8) is 0 Å². The molecule has 1 aromatic heterocycles. The summed E-state index contributed by atoms with van der Waals surface area (Å²) in [6, 6.07) is 0. The minimum atomic E-state index is -0.776. The molecule has 0 atom stereocenters. The minimum Gasteiger partial charge on any atom is -0.481 e. The Hall–Kier alpha value is -1.43. The maximum Gasteiger partial charge on any atom is 0.303 e. The van der Waals surface area contributed by atoms with Crippen LogP contribution in [0.5, 0.6) is 0 Å². The van der Waals surface area contributed by atoms with E-state index in [9.17, 15) is 4.79 Å². The van der Waals surface area contributed by atoms with Crippen LogP contribution in [0, 0.1) is 0 Å². The molecule has 96 valence electrons. The average molecular weight is 242 g/mol. The lowest BCUT2D eigenvalue weighted by Crippen LogP contribution is -2.02. The van der Waals surface area contributed by atoms with Gasteiger partial charge in [0.1, 0.15) is 6.61 Å². The summed E-state index contributed by atoms with van der Waals surface area (Å²) < 4.78 is 10.7. The number of hydrogen-bond donors (Lipinski definition) is 1. The fraction of sp³-hybridized carbons (Fsp3) is 0.727. The number of ether oxygens (including phenoxy) is 1. The predicted octanol–water partition coefficient (Wildman–Crippen LogP) is 1.79. The smallest absolute Gasteiger partial charge is 0.303 e. The van der Waals surface area contributed by atoms with Gasteiger partial charge in [-0.05, 0) is 26.7 Å². The number of rotatable bonds is 8. The fourth-order valence-electron chi connectivity index (χ4n) is 1.24. The summed E-state index contributed by atoms with van der Waals surface area (Å²) >= 11 is 0. The van der Waals surface area contributed by atoms with Gasteiger partial charge in [-0.15, -0.1) is 10.2 Å². The van der Waals surface area contributed by atoms with E-state index in [-0.39, 0.29) is 12.5 Å². The van der Waals surface area contributed by atoms with E-state index in [1.54, 1.807) is 0 Å². The summed E-state index contributed by atoms with van der Waals surface area (Å²) in [5.74, 6) is 0.228. The first kappa shape index (κ1) is 13.6. The summed E-state index contributed by atoms with van der Waals surface area (Å²) in [6.07, 6.45) is 2.27. The van der Waals surface area contributed by atoms with E-state index in [0.29, 0.717) is 31.2 Å². The van der Waals surface area contributed by atoms with Gasteiger partial charge < -0.3 is 14.3 Å². The highest BCUT2D eigenvalue weighted by Crippen LogP contribution is 2.07. The second-order valence-electron chi connectivity index (χ2n) is 4.05. The van der Waals surface area contributed by atoms with Gasteiger partial charge >= 0.3 is 5.97 Å². The van der Waals surface area contributed by atoms with Crippen LogP contribution in [-0.2, 0) is 22.6 Å². The molecule has 0 aliphatic heterocycles. The highest BCUT2D eigenvalue weighted by molar-refractivity contribution is 5.66. The molecule has 6 nitrogen and oxygen atoms in total. The number of carboxylic acid groups (broad SMARTS) is 1. The summed E-state index contributed by atoms with van der Waals surface area (Å²) in [5.41, 5.74) is 0. The molecule has 1 rings (SSSR count). The van der Waals surface area contributed by atoms with Crippen LogP contribution in [0.15, 0.2) is 4.42 Å². The molecule has 0 spiro atoms. The van der Waals surface area contributed by atoms with Crippen LogP contribution in [0.3, 0.4) is 0 Å². The summed E-state index contributed by atoms with van der Waals surface area (Å²) in [5, 5.41) is 16.2. The van der Waals surface area contributed by atoms with Gasteiger partial charge in [0, 0.05) is 12.8 Å². The first-order valence-corrected chi connectivity index (χ1v) is 5.72. The third-order valence-corrected chi connectivity index (χ3v) is 2.08. The van der Waals surface area contributed by atoms with Gasteiger partial charge in [-0.2, -0.15) is 0 Å². The van der Waals surface area contributed by atoms with Gasteiger partial charge in [0.25, 0.3) is 0 Å². The zero-order valence-corrected chi connectivity index (χ0v) is 10.2. The number of aryl methyl sites for hydroxylation is 1. The molecule has 0 fully saturated rings. The summed E-state index contributed by atoms with van der Waals surface area (Å²) in [7, 11) is 0. The summed E-state index contributed by atoms with van der Waals surface area (Å²) in [4.78, 5) is 10.3. The number of carboxylic acids is 1. The lowest BCUT2D eigenvalue weighted by atomic mass is 10.2. The van der Waals surface area contributed by atoms with Crippen LogP contribution in [0.1, 0.15) is 44.9 Å². The number of hydrogen-bond acceptors (Lipinski definition) is 5. The van der Waals surface area contributed by atoms with Crippen molar-refractivity contribution in [2.24, 2.45) is 0 Å². The molecule has 0 saturated carbocycles. The Kier molecular flexibility index (Phi) is 5.62. The normalized spacial score (nSPS) is 11.0. The van der Waals surface area contributed by atoms with Crippen molar-refractivity contribution in [2.75, 3.05) is 0 Å². The third-order valence-electron chi connectivity index (χ3n) is 2.08. The SMILES string of the molecule is CC(C)OCc1nnc(CCCCC(=O)O)o1. The lowest BCUT2D eigenvalue weighted by Gasteiger charge is -2.02. The molecular formula is C11H18N2O4. The van der Waals surface area contributed by atoms with E-state index in [0.717, 1.165) is 6.42 Å². The van der Waals surface area contributed by atoms with Gasteiger partial charge in [-0.3, -0.25) is 4.79 Å². The molecule has 0 radical (unpaired) electrons. The fourth-order valence-corrected chi connectivity index (χ4v) is 1.24. The van der Waals surface area contributed by atoms with E-state index >= 15 is 0 Å². The van der Waals surface area contributed by atoms with Crippen LogP contribution < -0.4 is 0 Å². The Morgan fingerprint density at radius 1 is 1.35 bits per heavy atom. The van der Waals surface area contributed by atoms with Gasteiger partial charge in [0.2, 0.25) is 11.8 Å². The van der Waals surface area contributed by atoms with Gasteiger partial charge in [0.05, 0.1) is 6.10 Å². The molecule has 17 heavy (non-hydrogen) atoms. The Labute approximate surface area is 100.0 Å². The van der Waals surface area contributed by atoms with Crippen molar-refractivity contribution in [2.45, 2.75) is 52.2 Å². The molecule has 0 unspecified atom stereocenters. The van der Waals surface area contributed by atoms with Crippen molar-refractivity contribution >= 4 is 5.97 Å². The molecule has 0 saturated heterocycles. The number of aromatic nitrogens is 2. The third kappa shape index (κ3) is 6.01. The van der Waals surface area contributed by atoms with E-state index < -0.39 is 5.97 Å². The standard InChI is InChI=1S/C11H18N2O4/c1-8(2)16-7-10-13-12-9(17-10)5-3-4-6-11(14)15/h8H,3-7H2,1-2H3,(H,14,15). The molecule has 0 aromatic carbocycles. The van der Waals surface area contributed by atoms with Crippen molar-refractivity contribution < 1.29 is 19.1 Å². The molecule has 0 aliphatic rings. The number of unbranched alkanes of at least 4 members (excludes halogenated alkanes) is 1. The Morgan fingerprint density at radius 3 is 2.71 bits per heavy atom. The van der Waals surface area contributed by atoms with Gasteiger partial charge in [-0.1, -0.05) is 0 Å². The van der Waals surface area contributed by atoms with Crippen LogP contribution in [-0.4, -0.2) is 27.4 Å².